The summed E-state index contributed by atoms with van der Waals surface area (Å²) in [7, 11) is 0. The van der Waals surface area contributed by atoms with Gasteiger partial charge in [0.2, 0.25) is 0 Å². The van der Waals surface area contributed by atoms with Crippen molar-refractivity contribution >= 4 is 17.7 Å². The van der Waals surface area contributed by atoms with Gasteiger partial charge in [-0.25, -0.2) is 13.2 Å². The Bertz CT molecular complexity index is 913. The van der Waals surface area contributed by atoms with Gasteiger partial charge in [-0.1, -0.05) is 44.7 Å². The summed E-state index contributed by atoms with van der Waals surface area (Å²) in [4.78, 5) is 16.2. The Kier molecular flexibility index (Phi) is 7.69. The lowest BCUT2D eigenvalue weighted by atomic mass is 10.0. The first kappa shape index (κ1) is 22.0. The Morgan fingerprint density at radius 1 is 1.21 bits per heavy atom. The molecule has 150 valence electrons. The van der Waals surface area contributed by atoms with Crippen molar-refractivity contribution in [3.63, 3.8) is 0 Å². The minimum atomic E-state index is -1.18. The lowest BCUT2D eigenvalue weighted by Gasteiger charge is -2.18. The zero-order valence-corrected chi connectivity index (χ0v) is 16.8. The van der Waals surface area contributed by atoms with Crippen molar-refractivity contribution in [2.45, 2.75) is 51.3 Å². The molecule has 0 spiro atoms. The summed E-state index contributed by atoms with van der Waals surface area (Å²) in [6.07, 6.45) is 4.46. The van der Waals surface area contributed by atoms with Crippen LogP contribution in [-0.2, 0) is 30.5 Å². The van der Waals surface area contributed by atoms with Crippen LogP contribution in [0.15, 0.2) is 34.2 Å². The molecule has 0 saturated carbocycles. The first-order valence-electron chi connectivity index (χ1n) is 9.10. The van der Waals surface area contributed by atoms with E-state index in [-0.39, 0.29) is 23.3 Å². The van der Waals surface area contributed by atoms with Crippen LogP contribution in [0.1, 0.15) is 43.2 Å². The molecule has 0 atom stereocenters. The van der Waals surface area contributed by atoms with Crippen LogP contribution in [0.2, 0.25) is 0 Å². The van der Waals surface area contributed by atoms with Gasteiger partial charge in [0.1, 0.15) is 5.82 Å². The molecule has 0 unspecified atom stereocenters. The lowest BCUT2D eigenvalue weighted by Crippen LogP contribution is -2.07. The maximum atomic E-state index is 14.0. The average molecular weight is 409 g/mol. The summed E-state index contributed by atoms with van der Waals surface area (Å²) >= 11 is 1.07. The van der Waals surface area contributed by atoms with Crippen LogP contribution in [0.5, 0.6) is 0 Å². The molecule has 0 saturated heterocycles. The first-order chi connectivity index (χ1) is 13.4. The van der Waals surface area contributed by atoms with E-state index in [2.05, 4.69) is 4.98 Å². The van der Waals surface area contributed by atoms with Gasteiger partial charge in [0.25, 0.3) is 0 Å². The van der Waals surface area contributed by atoms with Crippen molar-refractivity contribution < 1.29 is 23.1 Å². The van der Waals surface area contributed by atoms with Gasteiger partial charge in [0.15, 0.2) is 11.6 Å². The minimum Gasteiger partial charge on any atom is -0.481 e. The number of allylic oxidation sites excluding steroid dienone is 2. The van der Waals surface area contributed by atoms with E-state index in [0.29, 0.717) is 24.5 Å². The number of rotatable bonds is 5. The molecule has 1 aromatic carbocycles. The van der Waals surface area contributed by atoms with Gasteiger partial charge in [-0.15, -0.1) is 0 Å². The number of benzene rings is 1. The number of nitrogens with zero attached hydrogens (tertiary/aromatic N) is 1. The number of aryl methyl sites for hydroxylation is 1. The first-order valence-corrected chi connectivity index (χ1v) is 9.92. The predicted octanol–water partition coefficient (Wildman–Crippen LogP) is 5.49. The molecular weight excluding hydrogens is 387 g/mol. The summed E-state index contributed by atoms with van der Waals surface area (Å²) in [5.41, 5.74) is 2.21. The molecule has 0 fully saturated rings. The molecule has 1 aliphatic heterocycles. The van der Waals surface area contributed by atoms with Crippen LogP contribution in [0.3, 0.4) is 0 Å². The molecule has 7 heteroatoms. The number of aromatic nitrogens is 1. The van der Waals surface area contributed by atoms with E-state index in [1.807, 2.05) is 20.8 Å². The molecule has 28 heavy (non-hydrogen) atoms. The van der Waals surface area contributed by atoms with Gasteiger partial charge in [-0.3, -0.25) is 9.78 Å². The van der Waals surface area contributed by atoms with Crippen molar-refractivity contribution in [1.29, 1.82) is 0 Å². The Hall–Kier alpha value is -2.28. The third kappa shape index (κ3) is 4.95. The maximum Gasteiger partial charge on any atom is 0.307 e. The summed E-state index contributed by atoms with van der Waals surface area (Å²) in [6.45, 7) is 5.90. The topological polar surface area (TPSA) is 50.2 Å². The molecule has 1 N–H and O–H groups in total. The number of thioether (sulfide) groups is 1. The largest absolute Gasteiger partial charge is 0.481 e. The zero-order chi connectivity index (χ0) is 20.8. The van der Waals surface area contributed by atoms with E-state index in [4.69, 9.17) is 5.11 Å². The van der Waals surface area contributed by atoms with Gasteiger partial charge >= 0.3 is 5.97 Å². The molecule has 2 heterocycles. The second kappa shape index (κ2) is 9.78. The molecule has 0 bridgehead atoms. The molecule has 3 rings (SSSR count). The Morgan fingerprint density at radius 3 is 2.57 bits per heavy atom. The van der Waals surface area contributed by atoms with E-state index in [0.717, 1.165) is 27.9 Å². The maximum absolute atomic E-state index is 14.0. The molecule has 1 aromatic heterocycles. The Morgan fingerprint density at radius 2 is 1.93 bits per heavy atom. The average Bonchev–Trinajstić information content (AvgIpc) is 2.67. The number of hydrogen-bond acceptors (Lipinski definition) is 3. The van der Waals surface area contributed by atoms with Gasteiger partial charge < -0.3 is 5.11 Å². The van der Waals surface area contributed by atoms with Gasteiger partial charge in [0.05, 0.1) is 11.3 Å². The summed E-state index contributed by atoms with van der Waals surface area (Å²) < 4.78 is 41.2. The number of carbonyl (C=O) groups is 1. The number of carboxylic acids is 1. The normalized spacial score (nSPS) is 12.6. The fourth-order valence-electron chi connectivity index (χ4n) is 2.94. The van der Waals surface area contributed by atoms with E-state index in [1.165, 1.54) is 0 Å². The summed E-state index contributed by atoms with van der Waals surface area (Å²) in [6, 6.07) is 2.35. The van der Waals surface area contributed by atoms with E-state index < -0.39 is 23.4 Å². The number of hydrogen-bond donors (Lipinski definition) is 1. The SMILES string of the molecule is CC.CCc1ncc(CC2=CCc3c(F)c(F)cc(F)c3S2)cc1CC(=O)O. The quantitative estimate of drug-likeness (QED) is 0.664. The summed E-state index contributed by atoms with van der Waals surface area (Å²) in [5, 5.41) is 9.04. The highest BCUT2D eigenvalue weighted by molar-refractivity contribution is 8.03. The van der Waals surface area contributed by atoms with Crippen molar-refractivity contribution in [2.75, 3.05) is 0 Å². The van der Waals surface area contributed by atoms with Gasteiger partial charge in [0, 0.05) is 29.9 Å². The molecule has 3 nitrogen and oxygen atoms in total. The van der Waals surface area contributed by atoms with Crippen LogP contribution in [-0.4, -0.2) is 16.1 Å². The van der Waals surface area contributed by atoms with Crippen molar-refractivity contribution in [3.05, 3.63) is 69.1 Å². The highest BCUT2D eigenvalue weighted by atomic mass is 32.2. The van der Waals surface area contributed by atoms with Crippen LogP contribution in [0.25, 0.3) is 0 Å². The van der Waals surface area contributed by atoms with Gasteiger partial charge in [-0.2, -0.15) is 0 Å². The van der Waals surface area contributed by atoms with Crippen molar-refractivity contribution in [2.24, 2.45) is 0 Å². The molecular formula is C21H22F3NO2S. The highest BCUT2D eigenvalue weighted by Crippen LogP contribution is 2.40. The Balaban J connectivity index is 0.00000136. The number of aliphatic carboxylic acids is 1. The standard InChI is InChI=1S/C19H16F3NO2S.C2H6/c1-2-16-11(7-17(24)25)5-10(9-23-16)6-12-3-4-13-18(22)14(20)8-15(21)19(13)26-12;1-2/h3,5,8-9H,2,4,6-7H2,1H3,(H,24,25);1-2H3. The van der Waals surface area contributed by atoms with Crippen LogP contribution < -0.4 is 0 Å². The Labute approximate surface area is 166 Å². The van der Waals surface area contributed by atoms with E-state index >= 15 is 0 Å². The van der Waals surface area contributed by atoms with Crippen molar-refractivity contribution in [1.82, 2.24) is 4.98 Å². The lowest BCUT2D eigenvalue weighted by molar-refractivity contribution is -0.136. The second-order valence-electron chi connectivity index (χ2n) is 5.99. The molecule has 1 aliphatic rings. The molecule has 0 radical (unpaired) electrons. The van der Waals surface area contributed by atoms with Crippen LogP contribution in [0.4, 0.5) is 13.2 Å². The number of carboxylic acid groups (broad SMARTS) is 1. The number of halogens is 3. The molecule has 0 amide bonds. The smallest absolute Gasteiger partial charge is 0.307 e. The van der Waals surface area contributed by atoms with Gasteiger partial charge in [-0.05, 0) is 28.9 Å². The van der Waals surface area contributed by atoms with E-state index in [9.17, 15) is 18.0 Å². The fourth-order valence-corrected chi connectivity index (χ4v) is 4.06. The fraction of sp³-hybridized carbons (Fsp3) is 0.333. The third-order valence-corrected chi connectivity index (χ3v) is 5.38. The summed E-state index contributed by atoms with van der Waals surface area (Å²) in [5.74, 6) is -3.91. The minimum absolute atomic E-state index is 0.0299. The van der Waals surface area contributed by atoms with Crippen LogP contribution in [0, 0.1) is 17.5 Å². The highest BCUT2D eigenvalue weighted by Gasteiger charge is 2.23. The number of fused-ring (bicyclic) bond motifs is 1. The van der Waals surface area contributed by atoms with Crippen LogP contribution >= 0.6 is 11.8 Å². The molecule has 0 aliphatic carbocycles. The molecule has 2 aromatic rings. The zero-order valence-electron chi connectivity index (χ0n) is 16.0. The monoisotopic (exact) mass is 409 g/mol. The number of pyridine rings is 1. The van der Waals surface area contributed by atoms with Crippen molar-refractivity contribution in [3.8, 4) is 0 Å². The second-order valence-corrected chi connectivity index (χ2v) is 7.13. The third-order valence-electron chi connectivity index (χ3n) is 4.16. The van der Waals surface area contributed by atoms with E-state index in [1.54, 1.807) is 18.3 Å². The predicted molar refractivity (Wildman–Crippen MR) is 104 cm³/mol.